The summed E-state index contributed by atoms with van der Waals surface area (Å²) in [4.78, 5) is 14.8. The summed E-state index contributed by atoms with van der Waals surface area (Å²) < 4.78 is 20.8. The van der Waals surface area contributed by atoms with Gasteiger partial charge in [0.15, 0.2) is 0 Å². The van der Waals surface area contributed by atoms with Crippen LogP contribution in [0.15, 0.2) is 78.7 Å². The van der Waals surface area contributed by atoms with Crippen molar-refractivity contribution >= 4 is 17.5 Å². The van der Waals surface area contributed by atoms with Crippen LogP contribution in [0.2, 0.25) is 0 Å². The molecule has 0 saturated heterocycles. The van der Waals surface area contributed by atoms with E-state index in [2.05, 4.69) is 15.7 Å². The summed E-state index contributed by atoms with van der Waals surface area (Å²) in [5.74, 6) is 1.60. The number of carbonyl (C=O) groups is 1. The first kappa shape index (κ1) is 23.1. The molecule has 1 aliphatic heterocycles. The second kappa shape index (κ2) is 9.43. The van der Waals surface area contributed by atoms with Gasteiger partial charge in [-0.05, 0) is 60.7 Å². The van der Waals surface area contributed by atoms with Gasteiger partial charge in [0, 0.05) is 37.0 Å². The Morgan fingerprint density at radius 2 is 1.76 bits per heavy atom. The highest BCUT2D eigenvalue weighted by Gasteiger charge is 2.21. The van der Waals surface area contributed by atoms with Gasteiger partial charge in [-0.2, -0.15) is 5.10 Å². The molecule has 0 radical (unpaired) electrons. The van der Waals surface area contributed by atoms with Gasteiger partial charge in [-0.1, -0.05) is 20.8 Å². The fourth-order valence-electron chi connectivity index (χ4n) is 3.28. The van der Waals surface area contributed by atoms with Gasteiger partial charge >= 0.3 is 6.03 Å². The maximum atomic E-state index is 13.4. The minimum absolute atomic E-state index is 0.230. The second-order valence-corrected chi connectivity index (χ2v) is 9.12. The van der Waals surface area contributed by atoms with Crippen LogP contribution in [0.1, 0.15) is 26.5 Å². The number of urea groups is 1. The van der Waals surface area contributed by atoms with E-state index in [1.165, 1.54) is 12.1 Å². The Morgan fingerprint density at radius 1 is 1.06 bits per heavy atom. The largest absolute Gasteiger partial charge is 0.458 e. The van der Waals surface area contributed by atoms with Gasteiger partial charge in [-0.3, -0.25) is 5.32 Å². The number of anilines is 2. The monoisotopic (exact) mass is 461 g/mol. The second-order valence-electron chi connectivity index (χ2n) is 9.12. The molecule has 0 unspecified atom stereocenters. The lowest BCUT2D eigenvalue weighted by Gasteiger charge is -2.17. The van der Waals surface area contributed by atoms with Crippen molar-refractivity contribution in [2.45, 2.75) is 26.2 Å². The zero-order valence-corrected chi connectivity index (χ0v) is 19.7. The molecular formula is C26H28FN5O2. The summed E-state index contributed by atoms with van der Waals surface area (Å²) in [5, 5.41) is 10.3. The summed E-state index contributed by atoms with van der Waals surface area (Å²) in [6.07, 6.45) is 5.85. The third-order valence-corrected chi connectivity index (χ3v) is 5.21. The quantitative estimate of drug-likeness (QED) is 0.513. The Bertz CT molecular complexity index is 1220. The van der Waals surface area contributed by atoms with Crippen LogP contribution in [-0.2, 0) is 5.41 Å². The van der Waals surface area contributed by atoms with E-state index in [4.69, 9.17) is 4.74 Å². The SMILES string of the molecule is CN1C=CC(Oc2ccc(NC(=O)Nc3cc(C(C)(C)C)nn3-c3ccc(F)cc3)cc2)=CC1. The van der Waals surface area contributed by atoms with Crippen LogP contribution < -0.4 is 15.4 Å². The average Bonchev–Trinajstić information content (AvgIpc) is 3.21. The smallest absolute Gasteiger partial charge is 0.324 e. The van der Waals surface area contributed by atoms with E-state index in [-0.39, 0.29) is 11.2 Å². The Balaban J connectivity index is 1.46. The molecule has 4 rings (SSSR count). The van der Waals surface area contributed by atoms with Crippen molar-refractivity contribution < 1.29 is 13.9 Å². The van der Waals surface area contributed by atoms with E-state index in [0.29, 0.717) is 22.9 Å². The van der Waals surface area contributed by atoms with Crippen LogP contribution in [-0.4, -0.2) is 34.3 Å². The van der Waals surface area contributed by atoms with Crippen molar-refractivity contribution in [1.29, 1.82) is 0 Å². The number of likely N-dealkylation sites (N-methyl/N-ethyl adjacent to an activating group) is 1. The number of aromatic nitrogens is 2. The number of hydrogen-bond acceptors (Lipinski definition) is 4. The van der Waals surface area contributed by atoms with Gasteiger partial charge in [0.1, 0.15) is 23.1 Å². The number of halogens is 1. The lowest BCUT2D eigenvalue weighted by Crippen LogP contribution is -2.21. The molecule has 2 aromatic carbocycles. The molecule has 0 saturated carbocycles. The van der Waals surface area contributed by atoms with E-state index in [1.807, 2.05) is 57.1 Å². The summed E-state index contributed by atoms with van der Waals surface area (Å²) >= 11 is 0. The standard InChI is InChI=1S/C26H28FN5O2/c1-26(2,3)23-17-24(32(30-23)20-9-5-18(27)6-10-20)29-25(33)28-19-7-11-21(12-8-19)34-22-13-15-31(4)16-14-22/h5-15,17H,16H2,1-4H3,(H2,28,29,33). The fourth-order valence-corrected chi connectivity index (χ4v) is 3.28. The summed E-state index contributed by atoms with van der Waals surface area (Å²) in [7, 11) is 1.99. The number of carbonyl (C=O) groups excluding carboxylic acids is 1. The zero-order chi connectivity index (χ0) is 24.3. The van der Waals surface area contributed by atoms with Gasteiger partial charge in [0.2, 0.25) is 0 Å². The Labute approximate surface area is 198 Å². The lowest BCUT2D eigenvalue weighted by atomic mass is 9.92. The van der Waals surface area contributed by atoms with E-state index in [9.17, 15) is 9.18 Å². The molecule has 1 aromatic heterocycles. The molecule has 0 bridgehead atoms. The molecule has 2 heterocycles. The number of hydrogen-bond donors (Lipinski definition) is 2. The first-order valence-electron chi connectivity index (χ1n) is 11.0. The predicted molar refractivity (Wildman–Crippen MR) is 132 cm³/mol. The van der Waals surface area contributed by atoms with Crippen LogP contribution in [0.4, 0.5) is 20.7 Å². The van der Waals surface area contributed by atoms with E-state index >= 15 is 0 Å². The zero-order valence-electron chi connectivity index (χ0n) is 19.7. The predicted octanol–water partition coefficient (Wildman–Crippen LogP) is 5.67. The highest BCUT2D eigenvalue weighted by molar-refractivity contribution is 5.99. The Kier molecular flexibility index (Phi) is 6.40. The number of nitrogens with zero attached hydrogens (tertiary/aromatic N) is 3. The average molecular weight is 462 g/mol. The molecule has 1 aliphatic rings. The van der Waals surface area contributed by atoms with Gasteiger partial charge < -0.3 is 15.0 Å². The Hall–Kier alpha value is -4.07. The first-order valence-corrected chi connectivity index (χ1v) is 11.0. The molecule has 2 amide bonds. The number of benzene rings is 2. The molecule has 0 spiro atoms. The molecule has 0 aliphatic carbocycles. The summed E-state index contributed by atoms with van der Waals surface area (Å²) in [6.45, 7) is 6.90. The molecule has 7 nitrogen and oxygen atoms in total. The highest BCUT2D eigenvalue weighted by atomic mass is 19.1. The van der Waals surface area contributed by atoms with Crippen molar-refractivity contribution in [1.82, 2.24) is 14.7 Å². The summed E-state index contributed by atoms with van der Waals surface area (Å²) in [6, 6.07) is 14.5. The van der Waals surface area contributed by atoms with Crippen LogP contribution >= 0.6 is 0 Å². The van der Waals surface area contributed by atoms with Gasteiger partial charge in [0.05, 0.1) is 11.4 Å². The molecule has 0 atom stereocenters. The van der Waals surface area contributed by atoms with E-state index < -0.39 is 6.03 Å². The molecule has 8 heteroatoms. The molecular weight excluding hydrogens is 433 g/mol. The van der Waals surface area contributed by atoms with Crippen molar-refractivity contribution in [3.63, 3.8) is 0 Å². The van der Waals surface area contributed by atoms with Gasteiger partial charge in [-0.15, -0.1) is 0 Å². The van der Waals surface area contributed by atoms with E-state index in [0.717, 1.165) is 18.0 Å². The maximum absolute atomic E-state index is 13.4. The lowest BCUT2D eigenvalue weighted by molar-refractivity contribution is 0.262. The van der Waals surface area contributed by atoms with Gasteiger partial charge in [-0.25, -0.2) is 13.9 Å². The number of amides is 2. The van der Waals surface area contributed by atoms with Crippen molar-refractivity contribution in [3.8, 4) is 11.4 Å². The molecule has 3 aromatic rings. The number of rotatable bonds is 5. The van der Waals surface area contributed by atoms with Crippen LogP contribution in [0, 0.1) is 5.82 Å². The first-order chi connectivity index (χ1) is 16.2. The maximum Gasteiger partial charge on any atom is 0.324 e. The van der Waals surface area contributed by atoms with Crippen molar-refractivity contribution in [3.05, 3.63) is 90.2 Å². The Morgan fingerprint density at radius 3 is 2.38 bits per heavy atom. The third-order valence-electron chi connectivity index (χ3n) is 5.21. The van der Waals surface area contributed by atoms with Crippen molar-refractivity contribution in [2.24, 2.45) is 0 Å². The number of nitrogens with one attached hydrogen (secondary N) is 2. The minimum Gasteiger partial charge on any atom is -0.458 e. The molecule has 2 N–H and O–H groups in total. The molecule has 0 fully saturated rings. The van der Waals surface area contributed by atoms with Crippen molar-refractivity contribution in [2.75, 3.05) is 24.2 Å². The normalized spacial score (nSPS) is 13.4. The van der Waals surface area contributed by atoms with Gasteiger partial charge in [0.25, 0.3) is 0 Å². The molecule has 34 heavy (non-hydrogen) atoms. The summed E-state index contributed by atoms with van der Waals surface area (Å²) in [5.41, 5.74) is 1.82. The van der Waals surface area contributed by atoms with Crippen LogP contribution in [0.25, 0.3) is 5.69 Å². The minimum atomic E-state index is -0.418. The number of ether oxygens (including phenoxy) is 1. The van der Waals surface area contributed by atoms with Crippen LogP contribution in [0.3, 0.4) is 0 Å². The van der Waals surface area contributed by atoms with E-state index in [1.54, 1.807) is 41.1 Å². The third kappa shape index (κ3) is 5.64. The topological polar surface area (TPSA) is 71.4 Å². The number of allylic oxidation sites excluding steroid dienone is 1. The van der Waals surface area contributed by atoms with Crippen LogP contribution in [0.5, 0.6) is 5.75 Å². The highest BCUT2D eigenvalue weighted by Crippen LogP contribution is 2.27. The molecule has 176 valence electrons. The fraction of sp³-hybridized carbons (Fsp3) is 0.231.